The summed E-state index contributed by atoms with van der Waals surface area (Å²) >= 11 is 4.40. The van der Waals surface area contributed by atoms with E-state index in [-0.39, 0.29) is 6.61 Å². The fourth-order valence-corrected chi connectivity index (χ4v) is 3.44. The number of carbonyl (C=O) groups is 1. The first kappa shape index (κ1) is 20.9. The highest BCUT2D eigenvalue weighted by atomic mass is 32.1. The topological polar surface area (TPSA) is 103 Å². The number of azide groups is 1. The maximum Gasteiger partial charge on any atom is 0.303 e. The molecular weight excluding hydrogens is 394 g/mol. The van der Waals surface area contributed by atoms with Crippen LogP contribution in [0, 0.1) is 0 Å². The van der Waals surface area contributed by atoms with E-state index in [0.717, 1.165) is 0 Å². The van der Waals surface area contributed by atoms with Gasteiger partial charge >= 0.3 is 5.97 Å². The Morgan fingerprint density at radius 3 is 2.31 bits per heavy atom. The van der Waals surface area contributed by atoms with Crippen LogP contribution in [0.25, 0.3) is 10.4 Å². The van der Waals surface area contributed by atoms with Crippen LogP contribution in [0.3, 0.4) is 0 Å². The molecule has 1 fully saturated rings. The monoisotopic (exact) mass is 415 g/mol. The lowest BCUT2D eigenvalue weighted by atomic mass is 9.97. The summed E-state index contributed by atoms with van der Waals surface area (Å²) in [5.41, 5.74) is 8.29. The summed E-state index contributed by atoms with van der Waals surface area (Å²) in [6.07, 6.45) is -2.29. The first-order valence-electron chi connectivity index (χ1n) is 9.03. The molecule has 1 saturated heterocycles. The third-order valence-electron chi connectivity index (χ3n) is 4.29. The minimum atomic E-state index is -0.909. The summed E-state index contributed by atoms with van der Waals surface area (Å²) in [5.74, 6) is 0.684. The average molecular weight is 415 g/mol. The molecule has 0 amide bonds. The van der Waals surface area contributed by atoms with E-state index in [1.807, 2.05) is 48.5 Å². The van der Waals surface area contributed by atoms with Crippen molar-refractivity contribution in [2.75, 3.05) is 6.61 Å². The van der Waals surface area contributed by atoms with Crippen molar-refractivity contribution in [2.24, 2.45) is 5.11 Å². The summed E-state index contributed by atoms with van der Waals surface area (Å²) < 4.78 is 23.2. The zero-order valence-electron chi connectivity index (χ0n) is 15.7. The van der Waals surface area contributed by atoms with Gasteiger partial charge in [0.1, 0.15) is 47.9 Å². The molecule has 29 heavy (non-hydrogen) atoms. The molecule has 1 heterocycles. The molecule has 0 aromatic heterocycles. The van der Waals surface area contributed by atoms with E-state index in [2.05, 4.69) is 22.7 Å². The van der Waals surface area contributed by atoms with E-state index in [9.17, 15) is 4.79 Å². The standard InChI is InChI=1S/C20H21N3O5S/c1-13(24)26-19-17(22-23-21)18(27-15-10-6-3-7-11-15)16(28-20(19)29)12-25-14-8-4-2-5-9-14/h2-11,16-20,29H,12H2,1H3/t16-,17-,18+,19-,20+/m1/s1. The summed E-state index contributed by atoms with van der Waals surface area (Å²) in [5, 5.41) is 3.85. The predicted molar refractivity (Wildman–Crippen MR) is 109 cm³/mol. The number of esters is 1. The summed E-state index contributed by atoms with van der Waals surface area (Å²) in [7, 11) is 0. The van der Waals surface area contributed by atoms with Gasteiger partial charge in [0.15, 0.2) is 0 Å². The van der Waals surface area contributed by atoms with Crippen molar-refractivity contribution in [1.29, 1.82) is 0 Å². The molecular formula is C20H21N3O5S. The molecule has 0 bridgehead atoms. The maximum atomic E-state index is 11.6. The molecule has 9 heteroatoms. The number of para-hydroxylation sites is 2. The molecule has 0 aliphatic carbocycles. The Morgan fingerprint density at radius 1 is 1.10 bits per heavy atom. The molecule has 0 saturated carbocycles. The Kier molecular flexibility index (Phi) is 7.24. The lowest BCUT2D eigenvalue weighted by molar-refractivity contribution is -0.179. The molecule has 2 aromatic carbocycles. The lowest BCUT2D eigenvalue weighted by Crippen LogP contribution is -2.60. The summed E-state index contributed by atoms with van der Waals surface area (Å²) in [6.45, 7) is 1.40. The van der Waals surface area contributed by atoms with Gasteiger partial charge in [-0.05, 0) is 29.8 Å². The fourth-order valence-electron chi connectivity index (χ4n) is 3.05. The van der Waals surface area contributed by atoms with Crippen LogP contribution in [-0.4, -0.2) is 42.4 Å². The molecule has 152 valence electrons. The molecule has 0 radical (unpaired) electrons. The van der Waals surface area contributed by atoms with E-state index >= 15 is 0 Å². The van der Waals surface area contributed by atoms with Crippen LogP contribution in [0.4, 0.5) is 0 Å². The molecule has 1 aliphatic heterocycles. The van der Waals surface area contributed by atoms with E-state index in [1.54, 1.807) is 12.1 Å². The normalized spacial score (nSPS) is 26.1. The molecule has 3 rings (SSSR count). The Labute approximate surface area is 173 Å². The van der Waals surface area contributed by atoms with Crippen molar-refractivity contribution in [1.82, 2.24) is 0 Å². The number of carbonyl (C=O) groups excluding carboxylic acids is 1. The molecule has 0 N–H and O–H groups in total. The van der Waals surface area contributed by atoms with Crippen molar-refractivity contribution in [2.45, 2.75) is 36.7 Å². The maximum absolute atomic E-state index is 11.6. The minimum Gasteiger partial charge on any atom is -0.491 e. The number of hydrogen-bond acceptors (Lipinski definition) is 7. The first-order chi connectivity index (χ1) is 14.1. The molecule has 1 aliphatic rings. The highest BCUT2D eigenvalue weighted by Crippen LogP contribution is 2.31. The Bertz CT molecular complexity index is 848. The SMILES string of the molecule is CC(=O)O[C@@H]1[C@H](N=[N+]=[N-])[C@@H](Oc2ccccc2)[C@@H](COc2ccccc2)O[C@H]1S. The molecule has 5 atom stereocenters. The number of ether oxygens (including phenoxy) is 4. The van der Waals surface area contributed by atoms with E-state index in [4.69, 9.17) is 24.5 Å². The second kappa shape index (κ2) is 10.1. The van der Waals surface area contributed by atoms with Gasteiger partial charge in [-0.15, -0.1) is 12.6 Å². The van der Waals surface area contributed by atoms with Gasteiger partial charge in [0.25, 0.3) is 0 Å². The zero-order valence-corrected chi connectivity index (χ0v) is 16.6. The quantitative estimate of drug-likeness (QED) is 0.244. The van der Waals surface area contributed by atoms with Gasteiger partial charge in [-0.3, -0.25) is 4.79 Å². The minimum absolute atomic E-state index is 0.128. The Morgan fingerprint density at radius 2 is 1.72 bits per heavy atom. The van der Waals surface area contributed by atoms with Crippen LogP contribution >= 0.6 is 12.6 Å². The highest BCUT2D eigenvalue weighted by molar-refractivity contribution is 7.80. The zero-order chi connectivity index (χ0) is 20.6. The Balaban J connectivity index is 1.87. The van der Waals surface area contributed by atoms with Crippen LogP contribution in [0.2, 0.25) is 0 Å². The van der Waals surface area contributed by atoms with Crippen molar-refractivity contribution < 1.29 is 23.7 Å². The smallest absolute Gasteiger partial charge is 0.303 e. The van der Waals surface area contributed by atoms with E-state index in [0.29, 0.717) is 11.5 Å². The van der Waals surface area contributed by atoms with E-state index < -0.39 is 35.8 Å². The number of rotatable bonds is 7. The van der Waals surface area contributed by atoms with E-state index in [1.165, 1.54) is 6.92 Å². The second-order valence-corrected chi connectivity index (χ2v) is 6.86. The number of thiol groups is 1. The molecule has 0 unspecified atom stereocenters. The van der Waals surface area contributed by atoms with Crippen molar-refractivity contribution in [3.8, 4) is 11.5 Å². The van der Waals surface area contributed by atoms with Gasteiger partial charge < -0.3 is 18.9 Å². The second-order valence-electron chi connectivity index (χ2n) is 6.35. The van der Waals surface area contributed by atoms with Gasteiger partial charge in [-0.2, -0.15) is 0 Å². The number of benzene rings is 2. The molecule has 8 nitrogen and oxygen atoms in total. The van der Waals surface area contributed by atoms with Crippen molar-refractivity contribution in [3.05, 3.63) is 71.1 Å². The summed E-state index contributed by atoms with van der Waals surface area (Å²) in [6, 6.07) is 17.4. The third kappa shape index (κ3) is 5.57. The third-order valence-corrected chi connectivity index (χ3v) is 4.71. The largest absolute Gasteiger partial charge is 0.491 e. The average Bonchev–Trinajstić information content (AvgIpc) is 2.72. The molecule has 0 spiro atoms. The van der Waals surface area contributed by atoms with Gasteiger partial charge in [0.05, 0.1) is 0 Å². The summed E-state index contributed by atoms with van der Waals surface area (Å²) in [4.78, 5) is 14.5. The number of hydrogen-bond donors (Lipinski definition) is 1. The lowest BCUT2D eigenvalue weighted by Gasteiger charge is -2.42. The first-order valence-corrected chi connectivity index (χ1v) is 9.54. The predicted octanol–water partition coefficient (Wildman–Crippen LogP) is 3.78. The highest BCUT2D eigenvalue weighted by Gasteiger charge is 2.48. The fraction of sp³-hybridized carbons (Fsp3) is 0.350. The van der Waals surface area contributed by atoms with Crippen LogP contribution in [0.5, 0.6) is 11.5 Å². The molecule has 2 aromatic rings. The van der Waals surface area contributed by atoms with Gasteiger partial charge in [0.2, 0.25) is 0 Å². The van der Waals surface area contributed by atoms with Crippen LogP contribution < -0.4 is 9.47 Å². The van der Waals surface area contributed by atoms with Gasteiger partial charge in [0, 0.05) is 11.8 Å². The van der Waals surface area contributed by atoms with Gasteiger partial charge in [-0.1, -0.05) is 41.5 Å². The van der Waals surface area contributed by atoms with Crippen molar-refractivity contribution in [3.63, 3.8) is 0 Å². The van der Waals surface area contributed by atoms with Crippen LogP contribution in [0.1, 0.15) is 6.92 Å². The van der Waals surface area contributed by atoms with Crippen molar-refractivity contribution >= 4 is 18.6 Å². The number of nitrogens with zero attached hydrogens (tertiary/aromatic N) is 3. The van der Waals surface area contributed by atoms with Gasteiger partial charge in [-0.25, -0.2) is 0 Å². The Hall–Kier alpha value is -2.87. The van der Waals surface area contributed by atoms with Crippen LogP contribution in [-0.2, 0) is 14.3 Å². The van der Waals surface area contributed by atoms with Crippen LogP contribution in [0.15, 0.2) is 65.8 Å².